The van der Waals surface area contributed by atoms with Crippen LogP contribution in [0.5, 0.6) is 0 Å². The van der Waals surface area contributed by atoms with E-state index in [1.807, 2.05) is 0 Å². The van der Waals surface area contributed by atoms with Gasteiger partial charge in [-0.25, -0.2) is 4.79 Å². The van der Waals surface area contributed by atoms with Crippen molar-refractivity contribution in [3.8, 4) is 0 Å². The third kappa shape index (κ3) is 3.55. The first kappa shape index (κ1) is 17.9. The number of hydrogen-bond donors (Lipinski definition) is 0. The van der Waals surface area contributed by atoms with Gasteiger partial charge in [-0.05, 0) is 41.9 Å². The maximum Gasteiger partial charge on any atom is 0.357 e. The smallest absolute Gasteiger partial charge is 0.357 e. The summed E-state index contributed by atoms with van der Waals surface area (Å²) in [6, 6.07) is 10.1. The van der Waals surface area contributed by atoms with Crippen LogP contribution in [0, 0.1) is 5.41 Å². The standard InChI is InChI=1S/C16H16O7S/c1-3-16(2,14(17)13-10-7-11-21-13)15(18)22-23-24(19,20)12-8-5-4-6-9-12/h4-11H,3H2,1-2H3. The van der Waals surface area contributed by atoms with Gasteiger partial charge >= 0.3 is 16.1 Å². The first-order valence-corrected chi connectivity index (χ1v) is 8.51. The molecule has 1 aromatic carbocycles. The number of Topliss-reactive ketones (excluding diaryl/α,β-unsaturated/α-hetero) is 1. The molecule has 0 saturated carbocycles. The summed E-state index contributed by atoms with van der Waals surface area (Å²) >= 11 is 0. The van der Waals surface area contributed by atoms with Crippen molar-refractivity contribution >= 4 is 21.9 Å². The van der Waals surface area contributed by atoms with E-state index >= 15 is 0 Å². The summed E-state index contributed by atoms with van der Waals surface area (Å²) in [5.41, 5.74) is -1.63. The first-order valence-electron chi connectivity index (χ1n) is 7.10. The van der Waals surface area contributed by atoms with Gasteiger partial charge in [-0.15, -0.1) is 0 Å². The summed E-state index contributed by atoms with van der Waals surface area (Å²) in [6.07, 6.45) is 1.37. The van der Waals surface area contributed by atoms with Gasteiger partial charge in [0.05, 0.1) is 11.2 Å². The number of carbonyl (C=O) groups is 2. The fourth-order valence-corrected chi connectivity index (χ4v) is 2.59. The molecule has 1 atom stereocenters. The van der Waals surface area contributed by atoms with Gasteiger partial charge in [-0.3, -0.25) is 9.68 Å². The van der Waals surface area contributed by atoms with Gasteiger partial charge in [-0.1, -0.05) is 25.1 Å². The molecule has 7 nitrogen and oxygen atoms in total. The lowest BCUT2D eigenvalue weighted by Crippen LogP contribution is -2.37. The molecule has 0 bridgehead atoms. The van der Waals surface area contributed by atoms with Crippen LogP contribution >= 0.6 is 0 Å². The number of benzene rings is 1. The minimum Gasteiger partial charge on any atom is -0.461 e. The highest BCUT2D eigenvalue weighted by atomic mass is 32.2. The van der Waals surface area contributed by atoms with E-state index in [4.69, 9.17) is 4.42 Å². The fraction of sp³-hybridized carbons (Fsp3) is 0.250. The minimum atomic E-state index is -4.28. The Morgan fingerprint density at radius 2 is 1.79 bits per heavy atom. The van der Waals surface area contributed by atoms with Crippen LogP contribution in [-0.4, -0.2) is 20.2 Å². The van der Waals surface area contributed by atoms with E-state index in [9.17, 15) is 18.0 Å². The van der Waals surface area contributed by atoms with Crippen LogP contribution in [0.4, 0.5) is 0 Å². The second-order valence-electron chi connectivity index (χ2n) is 5.20. The molecular weight excluding hydrogens is 336 g/mol. The zero-order valence-corrected chi connectivity index (χ0v) is 13.9. The Balaban J connectivity index is 2.14. The molecule has 8 heteroatoms. The average molecular weight is 352 g/mol. The third-order valence-electron chi connectivity index (χ3n) is 3.63. The lowest BCUT2D eigenvalue weighted by Gasteiger charge is -2.21. The van der Waals surface area contributed by atoms with Crippen LogP contribution in [0.25, 0.3) is 0 Å². The maximum atomic E-state index is 12.4. The normalized spacial score (nSPS) is 13.9. The molecule has 0 aliphatic carbocycles. The highest BCUT2D eigenvalue weighted by molar-refractivity contribution is 7.86. The largest absolute Gasteiger partial charge is 0.461 e. The van der Waals surface area contributed by atoms with E-state index in [0.29, 0.717) is 0 Å². The number of carbonyl (C=O) groups excluding carboxylic acids is 2. The predicted molar refractivity (Wildman–Crippen MR) is 82.2 cm³/mol. The van der Waals surface area contributed by atoms with Gasteiger partial charge in [0.25, 0.3) is 0 Å². The van der Waals surface area contributed by atoms with E-state index < -0.39 is 27.3 Å². The highest BCUT2D eigenvalue weighted by Crippen LogP contribution is 2.29. The zero-order valence-electron chi connectivity index (χ0n) is 13.1. The van der Waals surface area contributed by atoms with Crippen LogP contribution in [0.2, 0.25) is 0 Å². The minimum absolute atomic E-state index is 0.0257. The summed E-state index contributed by atoms with van der Waals surface area (Å²) in [6.45, 7) is 2.92. The summed E-state index contributed by atoms with van der Waals surface area (Å²) in [7, 11) is -4.28. The van der Waals surface area contributed by atoms with Crippen LogP contribution in [-0.2, 0) is 24.1 Å². The lowest BCUT2D eigenvalue weighted by atomic mass is 9.82. The van der Waals surface area contributed by atoms with Crippen molar-refractivity contribution < 1.29 is 31.6 Å². The van der Waals surface area contributed by atoms with Crippen LogP contribution < -0.4 is 0 Å². The molecule has 0 fully saturated rings. The number of furan rings is 1. The average Bonchev–Trinajstić information content (AvgIpc) is 3.13. The molecule has 1 heterocycles. The van der Waals surface area contributed by atoms with Gasteiger partial charge in [0.1, 0.15) is 5.41 Å². The zero-order chi connectivity index (χ0) is 17.8. The van der Waals surface area contributed by atoms with Crippen molar-refractivity contribution in [2.24, 2.45) is 5.41 Å². The van der Waals surface area contributed by atoms with Gasteiger partial charge in [0.2, 0.25) is 5.78 Å². The van der Waals surface area contributed by atoms with E-state index in [-0.39, 0.29) is 17.1 Å². The monoisotopic (exact) mass is 352 g/mol. The molecule has 0 N–H and O–H groups in total. The molecule has 128 valence electrons. The molecule has 1 unspecified atom stereocenters. The Hall–Kier alpha value is -2.45. The van der Waals surface area contributed by atoms with Crippen molar-refractivity contribution in [1.29, 1.82) is 0 Å². The second kappa shape index (κ2) is 6.98. The van der Waals surface area contributed by atoms with Crippen molar-refractivity contribution in [3.63, 3.8) is 0 Å². The van der Waals surface area contributed by atoms with Gasteiger partial charge in [-0.2, -0.15) is 8.42 Å². The maximum absolute atomic E-state index is 12.4. The summed E-state index contributed by atoms with van der Waals surface area (Å²) in [4.78, 5) is 28.9. The van der Waals surface area contributed by atoms with Crippen molar-refractivity contribution in [3.05, 3.63) is 54.5 Å². The van der Waals surface area contributed by atoms with Gasteiger partial charge in [0.15, 0.2) is 5.76 Å². The summed E-state index contributed by atoms with van der Waals surface area (Å²) in [5.74, 6) is -1.77. The summed E-state index contributed by atoms with van der Waals surface area (Å²) in [5, 5.41) is 0. The van der Waals surface area contributed by atoms with Crippen LogP contribution in [0.1, 0.15) is 30.8 Å². The highest BCUT2D eigenvalue weighted by Gasteiger charge is 2.44. The number of rotatable bonds is 7. The Bertz CT molecular complexity index is 809. The van der Waals surface area contributed by atoms with E-state index in [0.717, 1.165) is 0 Å². The SMILES string of the molecule is CCC(C)(C(=O)OOS(=O)(=O)c1ccccc1)C(=O)c1ccco1. The quantitative estimate of drug-likeness (QED) is 0.327. The molecule has 0 aliphatic rings. The molecule has 0 saturated heterocycles. The van der Waals surface area contributed by atoms with Gasteiger partial charge in [0, 0.05) is 0 Å². The van der Waals surface area contributed by atoms with Crippen molar-refractivity contribution in [1.82, 2.24) is 0 Å². The Kier molecular flexibility index (Phi) is 5.20. The molecule has 0 spiro atoms. The molecule has 2 aromatic rings. The van der Waals surface area contributed by atoms with E-state index in [1.54, 1.807) is 13.0 Å². The fourth-order valence-electron chi connectivity index (χ4n) is 1.87. The Labute approximate surface area is 139 Å². The van der Waals surface area contributed by atoms with Crippen LogP contribution in [0.3, 0.4) is 0 Å². The molecule has 1 aromatic heterocycles. The lowest BCUT2D eigenvalue weighted by molar-refractivity contribution is -0.219. The van der Waals surface area contributed by atoms with Crippen LogP contribution in [0.15, 0.2) is 58.0 Å². The van der Waals surface area contributed by atoms with Crippen molar-refractivity contribution in [2.45, 2.75) is 25.2 Å². The molecule has 0 radical (unpaired) electrons. The molecular formula is C16H16O7S. The second-order valence-corrected chi connectivity index (χ2v) is 6.71. The molecule has 0 amide bonds. The van der Waals surface area contributed by atoms with E-state index in [2.05, 4.69) is 9.22 Å². The Morgan fingerprint density at radius 1 is 1.12 bits per heavy atom. The molecule has 2 rings (SSSR count). The first-order chi connectivity index (χ1) is 11.3. The third-order valence-corrected chi connectivity index (χ3v) is 4.73. The topological polar surface area (TPSA) is 99.9 Å². The Morgan fingerprint density at radius 3 is 2.33 bits per heavy atom. The van der Waals surface area contributed by atoms with E-state index in [1.165, 1.54) is 49.6 Å². The number of hydrogen-bond acceptors (Lipinski definition) is 7. The predicted octanol–water partition coefficient (Wildman–Crippen LogP) is 2.74. The number of ketones is 1. The summed E-state index contributed by atoms with van der Waals surface area (Å²) < 4.78 is 33.2. The molecule has 24 heavy (non-hydrogen) atoms. The van der Waals surface area contributed by atoms with Gasteiger partial charge < -0.3 is 4.42 Å². The molecule has 0 aliphatic heterocycles. The van der Waals surface area contributed by atoms with Crippen molar-refractivity contribution in [2.75, 3.05) is 0 Å².